The van der Waals surface area contributed by atoms with Gasteiger partial charge in [0.25, 0.3) is 0 Å². The van der Waals surface area contributed by atoms with Crippen molar-refractivity contribution in [2.24, 2.45) is 5.92 Å². The van der Waals surface area contributed by atoms with Gasteiger partial charge in [0.05, 0.1) is 12.5 Å². The number of ether oxygens (including phenoxy) is 1. The summed E-state index contributed by atoms with van der Waals surface area (Å²) < 4.78 is 5.21. The van der Waals surface area contributed by atoms with E-state index < -0.39 is 0 Å². The molecule has 1 heterocycles. The molecule has 0 aromatic heterocycles. The number of nitrogens with zero attached hydrogens (tertiary/aromatic N) is 1. The molecule has 0 radical (unpaired) electrons. The molecule has 0 amide bonds. The van der Waals surface area contributed by atoms with Crippen molar-refractivity contribution < 1.29 is 9.53 Å². The Morgan fingerprint density at radius 1 is 1.45 bits per heavy atom. The normalized spacial score (nSPS) is 23.6. The van der Waals surface area contributed by atoms with Crippen LogP contribution in [0.4, 0.5) is 0 Å². The fraction of sp³-hybridized carbons (Fsp3) is 0.533. The Morgan fingerprint density at radius 3 is 2.80 bits per heavy atom. The highest BCUT2D eigenvalue weighted by molar-refractivity contribution is 8.00. The highest BCUT2D eigenvalue weighted by Gasteiger charge is 2.34. The molecule has 1 aliphatic rings. The highest BCUT2D eigenvalue weighted by atomic mass is 35.5. The number of carbonyl (C=O) groups is 1. The second kappa shape index (κ2) is 7.34. The lowest BCUT2D eigenvalue weighted by atomic mass is 9.97. The van der Waals surface area contributed by atoms with Crippen LogP contribution in [0.2, 0.25) is 5.02 Å². The molecule has 3 nitrogen and oxygen atoms in total. The minimum atomic E-state index is -0.0629. The van der Waals surface area contributed by atoms with Gasteiger partial charge >= 0.3 is 5.97 Å². The molecule has 0 saturated carbocycles. The Bertz CT molecular complexity index is 452. The first-order valence-corrected chi connectivity index (χ1v) is 8.13. The molecule has 0 N–H and O–H groups in total. The number of hydrogen-bond donors (Lipinski definition) is 0. The maximum absolute atomic E-state index is 12.1. The van der Waals surface area contributed by atoms with E-state index in [0.717, 1.165) is 29.4 Å². The molecule has 1 aromatic rings. The van der Waals surface area contributed by atoms with Crippen LogP contribution in [0.25, 0.3) is 0 Å². The first kappa shape index (κ1) is 15.7. The summed E-state index contributed by atoms with van der Waals surface area (Å²) in [7, 11) is 2.09. The second-order valence-corrected chi connectivity index (χ2v) is 6.77. The van der Waals surface area contributed by atoms with Crippen LogP contribution >= 0.6 is 23.4 Å². The number of rotatable bonds is 4. The first-order valence-electron chi connectivity index (χ1n) is 6.87. The Labute approximate surface area is 129 Å². The average Bonchev–Trinajstić information content (AvgIpc) is 2.42. The van der Waals surface area contributed by atoms with E-state index in [1.165, 1.54) is 0 Å². The predicted octanol–water partition coefficient (Wildman–Crippen LogP) is 3.32. The van der Waals surface area contributed by atoms with Gasteiger partial charge in [0, 0.05) is 21.7 Å². The van der Waals surface area contributed by atoms with E-state index >= 15 is 0 Å². The smallest absolute Gasteiger partial charge is 0.310 e. The van der Waals surface area contributed by atoms with Crippen molar-refractivity contribution >= 4 is 29.3 Å². The molecule has 2 atom stereocenters. The molecule has 1 saturated heterocycles. The molecule has 110 valence electrons. The standard InChI is InChI=1S/C15H20ClNO2S/c1-3-19-15(18)13-8-9-17(2)10-14(13)20-12-6-4-11(16)5-7-12/h4-7,13-14H,3,8-10H2,1-2H3/t13-,14+/m0/s1. The first-order chi connectivity index (χ1) is 9.60. The molecule has 1 fully saturated rings. The lowest BCUT2D eigenvalue weighted by molar-refractivity contribution is -0.149. The van der Waals surface area contributed by atoms with Crippen molar-refractivity contribution in [3.8, 4) is 0 Å². The van der Waals surface area contributed by atoms with Crippen LogP contribution in [0.1, 0.15) is 13.3 Å². The van der Waals surface area contributed by atoms with Crippen LogP contribution in [0.3, 0.4) is 0 Å². The number of esters is 1. The van der Waals surface area contributed by atoms with Crippen LogP contribution in [0, 0.1) is 5.92 Å². The minimum absolute atomic E-state index is 0.0215. The molecule has 0 unspecified atom stereocenters. The zero-order valence-corrected chi connectivity index (χ0v) is 13.4. The lowest BCUT2D eigenvalue weighted by Gasteiger charge is -2.34. The quantitative estimate of drug-likeness (QED) is 0.798. The molecular weight excluding hydrogens is 294 g/mol. The summed E-state index contributed by atoms with van der Waals surface area (Å²) in [4.78, 5) is 15.5. The monoisotopic (exact) mass is 313 g/mol. The molecule has 0 aliphatic carbocycles. The summed E-state index contributed by atoms with van der Waals surface area (Å²) in [5.41, 5.74) is 0. The van der Waals surface area contributed by atoms with Gasteiger partial charge in [0.2, 0.25) is 0 Å². The Hall–Kier alpha value is -0.710. The third kappa shape index (κ3) is 4.14. The summed E-state index contributed by atoms with van der Waals surface area (Å²) in [5, 5.41) is 0.964. The molecule has 0 bridgehead atoms. The van der Waals surface area contributed by atoms with Crippen LogP contribution in [0.5, 0.6) is 0 Å². The number of thioether (sulfide) groups is 1. The molecule has 5 heteroatoms. The number of benzene rings is 1. The van der Waals surface area contributed by atoms with Gasteiger partial charge in [-0.2, -0.15) is 0 Å². The highest BCUT2D eigenvalue weighted by Crippen LogP contribution is 2.34. The largest absolute Gasteiger partial charge is 0.466 e. The fourth-order valence-electron chi connectivity index (χ4n) is 2.40. The van der Waals surface area contributed by atoms with E-state index in [4.69, 9.17) is 16.3 Å². The number of hydrogen-bond acceptors (Lipinski definition) is 4. The number of carbonyl (C=O) groups excluding carboxylic acids is 1. The molecule has 20 heavy (non-hydrogen) atoms. The second-order valence-electron chi connectivity index (χ2n) is 5.02. The van der Waals surface area contributed by atoms with Gasteiger partial charge in [-0.1, -0.05) is 11.6 Å². The van der Waals surface area contributed by atoms with E-state index in [0.29, 0.717) is 6.61 Å². The lowest BCUT2D eigenvalue weighted by Crippen LogP contribution is -2.43. The summed E-state index contributed by atoms with van der Waals surface area (Å²) in [6.07, 6.45) is 0.862. The van der Waals surface area contributed by atoms with Gasteiger partial charge in [0.15, 0.2) is 0 Å². The molecule has 0 spiro atoms. The van der Waals surface area contributed by atoms with E-state index in [1.54, 1.807) is 11.8 Å². The summed E-state index contributed by atoms with van der Waals surface area (Å²) in [5.74, 6) is -0.0844. The minimum Gasteiger partial charge on any atom is -0.466 e. The third-order valence-electron chi connectivity index (χ3n) is 3.45. The van der Waals surface area contributed by atoms with Crippen molar-refractivity contribution in [2.75, 3.05) is 26.7 Å². The zero-order valence-electron chi connectivity index (χ0n) is 11.8. The van der Waals surface area contributed by atoms with E-state index in [9.17, 15) is 4.79 Å². The van der Waals surface area contributed by atoms with Crippen LogP contribution in [0.15, 0.2) is 29.2 Å². The van der Waals surface area contributed by atoms with Gasteiger partial charge < -0.3 is 9.64 Å². The van der Waals surface area contributed by atoms with Crippen molar-refractivity contribution in [2.45, 2.75) is 23.5 Å². The van der Waals surface area contributed by atoms with Crippen LogP contribution in [-0.4, -0.2) is 42.9 Å². The zero-order chi connectivity index (χ0) is 14.5. The maximum Gasteiger partial charge on any atom is 0.310 e. The van der Waals surface area contributed by atoms with E-state index in [2.05, 4.69) is 11.9 Å². The van der Waals surface area contributed by atoms with Gasteiger partial charge in [-0.25, -0.2) is 0 Å². The molecule has 2 rings (SSSR count). The van der Waals surface area contributed by atoms with Crippen LogP contribution in [-0.2, 0) is 9.53 Å². The van der Waals surface area contributed by atoms with Gasteiger partial charge in [-0.15, -0.1) is 11.8 Å². The SMILES string of the molecule is CCOC(=O)[C@H]1CCN(C)C[C@H]1Sc1ccc(Cl)cc1. The number of piperidine rings is 1. The van der Waals surface area contributed by atoms with Gasteiger partial charge in [-0.3, -0.25) is 4.79 Å². The fourth-order valence-corrected chi connectivity index (χ4v) is 3.91. The Morgan fingerprint density at radius 2 is 2.15 bits per heavy atom. The number of halogens is 1. The number of likely N-dealkylation sites (tertiary alicyclic amines) is 1. The summed E-state index contributed by atoms with van der Waals surface area (Å²) in [6, 6.07) is 7.78. The van der Waals surface area contributed by atoms with E-state index in [1.807, 2.05) is 31.2 Å². The average molecular weight is 314 g/mol. The summed E-state index contributed by atoms with van der Waals surface area (Å²) >= 11 is 7.64. The summed E-state index contributed by atoms with van der Waals surface area (Å²) in [6.45, 7) is 4.15. The predicted molar refractivity (Wildman–Crippen MR) is 83.3 cm³/mol. The van der Waals surface area contributed by atoms with Crippen molar-refractivity contribution in [3.63, 3.8) is 0 Å². The molecule has 1 aliphatic heterocycles. The van der Waals surface area contributed by atoms with Crippen molar-refractivity contribution in [1.82, 2.24) is 4.90 Å². The maximum atomic E-state index is 12.1. The topological polar surface area (TPSA) is 29.5 Å². The van der Waals surface area contributed by atoms with Gasteiger partial charge in [-0.05, 0) is 51.2 Å². The van der Waals surface area contributed by atoms with E-state index in [-0.39, 0.29) is 17.1 Å². The Balaban J connectivity index is 2.07. The Kier molecular flexibility index (Phi) is 5.75. The third-order valence-corrected chi connectivity index (χ3v) is 5.03. The van der Waals surface area contributed by atoms with Crippen molar-refractivity contribution in [3.05, 3.63) is 29.3 Å². The van der Waals surface area contributed by atoms with Crippen molar-refractivity contribution in [1.29, 1.82) is 0 Å². The molecule has 1 aromatic carbocycles. The molecular formula is C15H20ClNO2S. The van der Waals surface area contributed by atoms with Crippen LogP contribution < -0.4 is 0 Å². The van der Waals surface area contributed by atoms with Gasteiger partial charge in [0.1, 0.15) is 0 Å².